The Labute approximate surface area is 364 Å². The molecule has 0 bridgehead atoms. The standard InChI is InChI=1S/C10H10O4.C10H18OSi.C10H14.C7H10O.C4H6.C3H9ClSi.Na.H2O.H2/c1-5-3-6(2)8(10(13)14)7(4-5)9(11)12;1-9-6-5-7-10(8-9)11-12(2,3)4;1-7-5-8(2)10(4)9(3)6-7;1-6-3-2-4-7(8)5-6;1-3-4-2;1-5(2,3)4;;;/h3-4H,1-2H3,(H,11,12)(H,13,14);7-8H,5-6H2,1-4H3;5-6H,1-4H3;5H,2-4H2,1H3;1-2H3;1-3H3;;1H2;1H/q;;;;;;+1;;/p-1/i;;;;;;;;1+1. The molecule has 0 unspecified atom stereocenters. The number of hydrogen-bond donors (Lipinski definition) is 2. The van der Waals surface area contributed by atoms with E-state index in [1.807, 2.05) is 20.8 Å². The molecule has 0 spiro atoms. The first-order valence-corrected chi connectivity index (χ1v) is 26.0. The van der Waals surface area contributed by atoms with Crippen LogP contribution in [0.5, 0.6) is 0 Å². The molecule has 304 valence electrons. The number of carboxylic acid groups (broad SMARTS) is 2. The van der Waals surface area contributed by atoms with E-state index in [0.29, 0.717) is 11.3 Å². The maximum absolute atomic E-state index is 10.8. The molecule has 0 saturated carbocycles. The predicted octanol–water partition coefficient (Wildman–Crippen LogP) is 9.93. The van der Waals surface area contributed by atoms with Crippen molar-refractivity contribution in [2.24, 2.45) is 0 Å². The summed E-state index contributed by atoms with van der Waals surface area (Å²) in [6.07, 6.45) is 11.4. The van der Waals surface area contributed by atoms with Crippen molar-refractivity contribution in [1.29, 1.82) is 0 Å². The van der Waals surface area contributed by atoms with Crippen molar-refractivity contribution in [3.63, 3.8) is 0 Å². The quantitative estimate of drug-likeness (QED) is 0.178. The zero-order valence-electron chi connectivity index (χ0n) is 36.9. The second-order valence-corrected chi connectivity index (χ2v) is 27.3. The fourth-order valence-electron chi connectivity index (χ4n) is 4.87. The Morgan fingerprint density at radius 3 is 1.51 bits per heavy atom. The van der Waals surface area contributed by atoms with Gasteiger partial charge in [-0.05, 0) is 167 Å². The third-order valence-electron chi connectivity index (χ3n) is 7.34. The van der Waals surface area contributed by atoms with Gasteiger partial charge in [-0.15, -0.1) is 11.8 Å². The fraction of sp³-hybridized carbons (Fsp3) is 0.477. The van der Waals surface area contributed by atoms with Crippen LogP contribution in [-0.4, -0.2) is 49.1 Å². The van der Waals surface area contributed by atoms with E-state index in [1.165, 1.54) is 45.9 Å². The van der Waals surface area contributed by atoms with Crippen molar-refractivity contribution in [2.75, 3.05) is 0 Å². The summed E-state index contributed by atoms with van der Waals surface area (Å²) >= 11 is 5.67. The molecule has 0 radical (unpaired) electrons. The number of rotatable bonds is 4. The molecule has 11 heteroatoms. The SMILES string of the molecule is CC#CC.CC1=CC(=O)CCC1.CC1=CC(O[Si](C)(C)C)=CCC1.C[Si](C)(C)Cl.Cc1cc(C)c(C(=O)O)c(C(=O)O)c1.Cc1cc(C)c(C)c(C)c1.[2HH].[Na+].[OH-]. The van der Waals surface area contributed by atoms with Crippen molar-refractivity contribution >= 4 is 44.5 Å². The van der Waals surface area contributed by atoms with Crippen molar-refractivity contribution < 1.29 is 65.5 Å². The Kier molecular flexibility index (Phi) is 31.7. The molecule has 0 fully saturated rings. The van der Waals surface area contributed by atoms with Gasteiger partial charge in [0.15, 0.2) is 5.78 Å². The summed E-state index contributed by atoms with van der Waals surface area (Å²) in [5, 5.41) is 17.6. The second-order valence-electron chi connectivity index (χ2n) is 15.4. The zero-order valence-corrected chi connectivity index (χ0v) is 41.7. The van der Waals surface area contributed by atoms with Crippen LogP contribution in [0.2, 0.25) is 39.3 Å². The van der Waals surface area contributed by atoms with Gasteiger partial charge >= 0.3 is 41.5 Å². The largest absolute Gasteiger partial charge is 1.00 e. The Bertz CT molecular complexity index is 1660. The van der Waals surface area contributed by atoms with Crippen LogP contribution in [0.15, 0.2) is 59.4 Å². The summed E-state index contributed by atoms with van der Waals surface area (Å²) < 4.78 is 5.87. The number of carboxylic acids is 2. The minimum absolute atomic E-state index is 0. The predicted molar refractivity (Wildman–Crippen MR) is 236 cm³/mol. The number of aryl methyl sites for hydroxylation is 5. The summed E-state index contributed by atoms with van der Waals surface area (Å²) in [5.41, 5.74) is 9.17. The van der Waals surface area contributed by atoms with Crippen LogP contribution in [0.3, 0.4) is 0 Å². The molecule has 2 aliphatic carbocycles. The van der Waals surface area contributed by atoms with E-state index in [2.05, 4.69) is 110 Å². The minimum Gasteiger partial charge on any atom is -0.870 e. The molecule has 3 N–H and O–H groups in total. The number of carbonyl (C=O) groups is 3. The van der Waals surface area contributed by atoms with Gasteiger partial charge in [-0.3, -0.25) is 4.79 Å². The average molecular weight is 827 g/mol. The molecule has 0 aliphatic heterocycles. The summed E-state index contributed by atoms with van der Waals surface area (Å²) in [6.45, 7) is 32.7. The van der Waals surface area contributed by atoms with Gasteiger partial charge in [0.25, 0.3) is 0 Å². The van der Waals surface area contributed by atoms with Crippen LogP contribution in [0, 0.1) is 53.4 Å². The van der Waals surface area contributed by atoms with E-state index in [-0.39, 0.29) is 47.6 Å². The molecule has 0 saturated heterocycles. The topological polar surface area (TPSA) is 131 Å². The minimum atomic E-state index is -1.39. The van der Waals surface area contributed by atoms with Crippen LogP contribution >= 0.6 is 11.1 Å². The van der Waals surface area contributed by atoms with Gasteiger partial charge in [0, 0.05) is 7.85 Å². The van der Waals surface area contributed by atoms with Crippen LogP contribution in [0.25, 0.3) is 0 Å². The second kappa shape index (κ2) is 29.5. The van der Waals surface area contributed by atoms with E-state index in [0.717, 1.165) is 37.0 Å². The molecule has 0 heterocycles. The molecule has 0 amide bonds. The summed E-state index contributed by atoms with van der Waals surface area (Å²) in [7, 11) is -2.53. The Hall–Kier alpha value is -2.69. The third-order valence-corrected chi connectivity index (χ3v) is 8.19. The third kappa shape index (κ3) is 31.1. The molecule has 2 aliphatic rings. The van der Waals surface area contributed by atoms with Gasteiger partial charge in [0.1, 0.15) is 7.38 Å². The molecule has 7 nitrogen and oxygen atoms in total. The Balaban J connectivity index is -0.000000191. The molecular formula is C44H70ClNaO7Si2. The van der Waals surface area contributed by atoms with E-state index in [4.69, 9.17) is 25.7 Å². The maximum atomic E-state index is 10.8. The first-order chi connectivity index (χ1) is 24.2. The van der Waals surface area contributed by atoms with Crippen molar-refractivity contribution in [2.45, 2.75) is 141 Å². The number of benzene rings is 2. The molecule has 2 aromatic carbocycles. The van der Waals surface area contributed by atoms with Crippen LogP contribution < -0.4 is 29.6 Å². The van der Waals surface area contributed by atoms with Crippen molar-refractivity contribution in [1.82, 2.24) is 0 Å². The normalized spacial score (nSPS) is 12.7. The molecule has 55 heavy (non-hydrogen) atoms. The van der Waals surface area contributed by atoms with Crippen molar-refractivity contribution in [3.8, 4) is 11.8 Å². The van der Waals surface area contributed by atoms with Crippen LogP contribution in [-0.2, 0) is 9.22 Å². The van der Waals surface area contributed by atoms with E-state index < -0.39 is 27.6 Å². The fourth-order valence-corrected chi connectivity index (χ4v) is 5.72. The van der Waals surface area contributed by atoms with Gasteiger partial charge in [-0.1, -0.05) is 54.5 Å². The van der Waals surface area contributed by atoms with Gasteiger partial charge in [-0.2, -0.15) is 11.1 Å². The van der Waals surface area contributed by atoms with E-state index >= 15 is 0 Å². The summed E-state index contributed by atoms with van der Waals surface area (Å²) in [5.74, 6) is 4.33. The number of ketones is 1. The average Bonchev–Trinajstić information content (AvgIpc) is 2.98. The molecule has 0 atom stereocenters. The van der Waals surface area contributed by atoms with E-state index in [9.17, 15) is 14.4 Å². The first kappa shape index (κ1) is 59.0. The monoisotopic (exact) mass is 825 g/mol. The number of carbonyl (C=O) groups excluding carboxylic acids is 1. The maximum Gasteiger partial charge on any atom is 1.00 e. The summed E-state index contributed by atoms with van der Waals surface area (Å²) in [4.78, 5) is 32.2. The van der Waals surface area contributed by atoms with E-state index in [1.54, 1.807) is 26.0 Å². The summed E-state index contributed by atoms with van der Waals surface area (Å²) in [6, 6.07) is 7.46. The van der Waals surface area contributed by atoms with Crippen LogP contribution in [0.4, 0.5) is 0 Å². The van der Waals surface area contributed by atoms with Gasteiger partial charge < -0.3 is 20.1 Å². The molecule has 4 rings (SSSR count). The van der Waals surface area contributed by atoms with Crippen LogP contribution in [0.1, 0.15) is 115 Å². The van der Waals surface area contributed by atoms with Gasteiger partial charge in [0.2, 0.25) is 8.32 Å². The number of allylic oxidation sites excluding steroid dienone is 5. The molecular weight excluding hydrogens is 755 g/mol. The number of hydrogen-bond acceptors (Lipinski definition) is 5. The Morgan fingerprint density at radius 2 is 1.16 bits per heavy atom. The van der Waals surface area contributed by atoms with Gasteiger partial charge in [-0.25, -0.2) is 9.59 Å². The van der Waals surface area contributed by atoms with Crippen molar-refractivity contribution in [3.05, 3.63) is 104 Å². The molecule has 2 aromatic rings. The van der Waals surface area contributed by atoms with Gasteiger partial charge in [0.05, 0.1) is 16.9 Å². The molecule has 0 aromatic heterocycles. The number of halogens is 1. The zero-order chi connectivity index (χ0) is 41.7. The Morgan fingerprint density at radius 1 is 0.727 bits per heavy atom. The first-order valence-electron chi connectivity index (χ1n) is 18.1. The number of aromatic carboxylic acids is 2. The smallest absolute Gasteiger partial charge is 0.870 e.